The Labute approximate surface area is 385 Å². The maximum Gasteiger partial charge on any atom is 0.127 e. The summed E-state index contributed by atoms with van der Waals surface area (Å²) in [7, 11) is 0. The van der Waals surface area contributed by atoms with Gasteiger partial charge in [-0.1, -0.05) is 198 Å². The molecule has 9 aromatic rings. The van der Waals surface area contributed by atoms with Gasteiger partial charge >= 0.3 is 0 Å². The van der Waals surface area contributed by atoms with E-state index in [0.717, 1.165) is 35.0 Å². The Kier molecular flexibility index (Phi) is 11.1. The standard InChI is InChI=1S/C63H55NO/c1-6-44(2)45-25-38-56(39-26-45)65-57-40-31-52(32-41-57)63(51-29-27-50(28-30-51)62(3,4)5)60-20-14-13-19-58(60)59-42-37-55(43-61(59)63)64(53-33-21-48(22-34-53)46-15-9-7-10-16-46)54-35-23-49(24-36-54)47-17-11-8-12-18-47/h7-44H,6H2,1-5H3. The third-order valence-electron chi connectivity index (χ3n) is 13.5. The number of ether oxygens (including phenoxy) is 1. The van der Waals surface area contributed by atoms with Crippen LogP contribution in [0.1, 0.15) is 80.3 Å². The molecule has 318 valence electrons. The molecule has 9 aromatic carbocycles. The minimum Gasteiger partial charge on any atom is -0.457 e. The Bertz CT molecular complexity index is 2950. The maximum atomic E-state index is 6.51. The number of fused-ring (bicyclic) bond motifs is 3. The highest BCUT2D eigenvalue weighted by atomic mass is 16.5. The van der Waals surface area contributed by atoms with E-state index in [4.69, 9.17) is 4.74 Å². The molecule has 10 rings (SSSR count). The van der Waals surface area contributed by atoms with Crippen molar-refractivity contribution in [2.45, 2.75) is 57.8 Å². The van der Waals surface area contributed by atoms with E-state index in [-0.39, 0.29) is 5.41 Å². The average Bonchev–Trinajstić information content (AvgIpc) is 3.65. The first-order valence-corrected chi connectivity index (χ1v) is 23.1. The van der Waals surface area contributed by atoms with Crippen molar-refractivity contribution in [3.05, 3.63) is 258 Å². The molecule has 0 spiro atoms. The van der Waals surface area contributed by atoms with E-state index < -0.39 is 5.41 Å². The zero-order valence-corrected chi connectivity index (χ0v) is 38.0. The van der Waals surface area contributed by atoms with Gasteiger partial charge in [-0.25, -0.2) is 0 Å². The Hall–Kier alpha value is -7.42. The second-order valence-electron chi connectivity index (χ2n) is 18.5. The molecule has 0 saturated heterocycles. The molecular weight excluding hydrogens is 787 g/mol. The molecule has 2 nitrogen and oxygen atoms in total. The molecular formula is C63H55NO. The van der Waals surface area contributed by atoms with Gasteiger partial charge in [0.15, 0.2) is 0 Å². The third-order valence-corrected chi connectivity index (χ3v) is 13.5. The number of benzene rings is 9. The number of anilines is 3. The molecule has 0 radical (unpaired) electrons. The molecule has 0 N–H and O–H groups in total. The zero-order chi connectivity index (χ0) is 44.5. The second kappa shape index (κ2) is 17.3. The normalized spacial score (nSPS) is 14.6. The minimum absolute atomic E-state index is 0.0166. The van der Waals surface area contributed by atoms with E-state index in [9.17, 15) is 0 Å². The SMILES string of the molecule is CCC(C)c1ccc(Oc2ccc(C3(c4ccc(C(C)(C)C)cc4)c4ccccc4-c4ccc(N(c5ccc(-c6ccccc6)cc5)c5ccc(-c6ccccc6)cc5)cc43)cc2)cc1. The Morgan fingerprint density at radius 1 is 0.446 bits per heavy atom. The van der Waals surface area contributed by atoms with Crippen LogP contribution in [0.25, 0.3) is 33.4 Å². The fourth-order valence-electron chi connectivity index (χ4n) is 9.74. The second-order valence-corrected chi connectivity index (χ2v) is 18.5. The van der Waals surface area contributed by atoms with Crippen molar-refractivity contribution in [2.75, 3.05) is 4.90 Å². The van der Waals surface area contributed by atoms with Crippen molar-refractivity contribution in [1.29, 1.82) is 0 Å². The van der Waals surface area contributed by atoms with Crippen LogP contribution in [0.4, 0.5) is 17.1 Å². The van der Waals surface area contributed by atoms with E-state index in [1.165, 1.54) is 66.8 Å². The van der Waals surface area contributed by atoms with Crippen LogP contribution in [0.2, 0.25) is 0 Å². The van der Waals surface area contributed by atoms with Crippen LogP contribution < -0.4 is 9.64 Å². The molecule has 1 aliphatic carbocycles. The summed E-state index contributed by atoms with van der Waals surface area (Å²) in [5.41, 5.74) is 17.5. The first kappa shape index (κ1) is 41.6. The molecule has 0 amide bonds. The molecule has 2 heteroatoms. The van der Waals surface area contributed by atoms with Gasteiger partial charge in [0.05, 0.1) is 5.41 Å². The average molecular weight is 842 g/mol. The van der Waals surface area contributed by atoms with Crippen LogP contribution in [0, 0.1) is 0 Å². The monoisotopic (exact) mass is 841 g/mol. The van der Waals surface area contributed by atoms with Crippen LogP contribution in [0.15, 0.2) is 224 Å². The fourth-order valence-corrected chi connectivity index (χ4v) is 9.74. The fraction of sp³-hybridized carbons (Fsp3) is 0.143. The molecule has 2 unspecified atom stereocenters. The van der Waals surface area contributed by atoms with Crippen molar-refractivity contribution in [3.8, 4) is 44.9 Å². The van der Waals surface area contributed by atoms with Gasteiger partial charge in [-0.3, -0.25) is 0 Å². The first-order valence-electron chi connectivity index (χ1n) is 23.1. The first-order chi connectivity index (χ1) is 31.7. The number of hydrogen-bond acceptors (Lipinski definition) is 2. The van der Waals surface area contributed by atoms with Gasteiger partial charge in [-0.15, -0.1) is 0 Å². The van der Waals surface area contributed by atoms with Gasteiger partial charge < -0.3 is 9.64 Å². The van der Waals surface area contributed by atoms with E-state index in [1.807, 2.05) is 0 Å². The lowest BCUT2D eigenvalue weighted by Gasteiger charge is -2.35. The van der Waals surface area contributed by atoms with Gasteiger partial charge in [-0.2, -0.15) is 0 Å². The lowest BCUT2D eigenvalue weighted by atomic mass is 9.67. The van der Waals surface area contributed by atoms with Crippen molar-refractivity contribution in [1.82, 2.24) is 0 Å². The molecule has 1 aliphatic rings. The molecule has 0 aliphatic heterocycles. The summed E-state index contributed by atoms with van der Waals surface area (Å²) in [6, 6.07) is 82.1. The van der Waals surface area contributed by atoms with E-state index in [0.29, 0.717) is 5.92 Å². The van der Waals surface area contributed by atoms with Crippen LogP contribution in [0.5, 0.6) is 11.5 Å². The summed E-state index contributed by atoms with van der Waals surface area (Å²) >= 11 is 0. The van der Waals surface area contributed by atoms with Crippen molar-refractivity contribution >= 4 is 17.1 Å². The Morgan fingerprint density at radius 2 is 0.892 bits per heavy atom. The largest absolute Gasteiger partial charge is 0.457 e. The Morgan fingerprint density at radius 3 is 1.42 bits per heavy atom. The smallest absolute Gasteiger partial charge is 0.127 e. The summed E-state index contributed by atoms with van der Waals surface area (Å²) in [5.74, 6) is 2.17. The third kappa shape index (κ3) is 7.84. The molecule has 0 heterocycles. The quantitative estimate of drug-likeness (QED) is 0.129. The van der Waals surface area contributed by atoms with Gasteiger partial charge in [0.1, 0.15) is 11.5 Å². The molecule has 0 bridgehead atoms. The molecule has 0 aromatic heterocycles. The summed E-state index contributed by atoms with van der Waals surface area (Å²) in [6.07, 6.45) is 1.11. The Balaban J connectivity index is 1.14. The van der Waals surface area contributed by atoms with Gasteiger partial charge in [0.2, 0.25) is 0 Å². The van der Waals surface area contributed by atoms with Crippen LogP contribution >= 0.6 is 0 Å². The highest BCUT2D eigenvalue weighted by Gasteiger charge is 2.46. The van der Waals surface area contributed by atoms with Gasteiger partial charge in [0, 0.05) is 17.1 Å². The molecule has 0 saturated carbocycles. The van der Waals surface area contributed by atoms with Crippen molar-refractivity contribution in [2.24, 2.45) is 0 Å². The predicted molar refractivity (Wildman–Crippen MR) is 273 cm³/mol. The van der Waals surface area contributed by atoms with Crippen molar-refractivity contribution in [3.63, 3.8) is 0 Å². The molecule has 65 heavy (non-hydrogen) atoms. The maximum absolute atomic E-state index is 6.51. The van der Waals surface area contributed by atoms with E-state index in [1.54, 1.807) is 0 Å². The number of hydrogen-bond donors (Lipinski definition) is 0. The highest BCUT2D eigenvalue weighted by molar-refractivity contribution is 5.90. The van der Waals surface area contributed by atoms with Crippen LogP contribution in [-0.2, 0) is 10.8 Å². The minimum atomic E-state index is -0.616. The van der Waals surface area contributed by atoms with Gasteiger partial charge in [-0.05, 0) is 145 Å². The topological polar surface area (TPSA) is 12.5 Å². The lowest BCUT2D eigenvalue weighted by molar-refractivity contribution is 0.481. The van der Waals surface area contributed by atoms with E-state index in [2.05, 4.69) is 264 Å². The highest BCUT2D eigenvalue weighted by Crippen LogP contribution is 2.57. The summed E-state index contributed by atoms with van der Waals surface area (Å²) in [4.78, 5) is 2.41. The summed E-state index contributed by atoms with van der Waals surface area (Å²) in [6.45, 7) is 11.4. The summed E-state index contributed by atoms with van der Waals surface area (Å²) < 4.78 is 6.51. The zero-order valence-electron chi connectivity index (χ0n) is 38.0. The van der Waals surface area contributed by atoms with Crippen LogP contribution in [0.3, 0.4) is 0 Å². The van der Waals surface area contributed by atoms with E-state index >= 15 is 0 Å². The number of rotatable bonds is 11. The van der Waals surface area contributed by atoms with Crippen molar-refractivity contribution < 1.29 is 4.74 Å². The summed E-state index contributed by atoms with van der Waals surface area (Å²) in [5, 5.41) is 0. The predicted octanol–water partition coefficient (Wildman–Crippen LogP) is 17.5. The lowest BCUT2D eigenvalue weighted by Crippen LogP contribution is -2.29. The van der Waals surface area contributed by atoms with Crippen LogP contribution in [-0.4, -0.2) is 0 Å². The molecule has 0 fully saturated rings. The van der Waals surface area contributed by atoms with Gasteiger partial charge in [0.25, 0.3) is 0 Å². The molecule has 2 atom stereocenters. The number of nitrogens with zero attached hydrogens (tertiary/aromatic N) is 1.